The summed E-state index contributed by atoms with van der Waals surface area (Å²) in [6.07, 6.45) is 5.67. The number of carbonyl (C=O) groups excluding carboxylic acids is 1. The van der Waals surface area contributed by atoms with Crippen molar-refractivity contribution in [3.63, 3.8) is 0 Å². The second-order valence-corrected chi connectivity index (χ2v) is 7.67. The number of benzene rings is 1. The number of carbonyl (C=O) groups is 1. The fourth-order valence-corrected chi connectivity index (χ4v) is 4.91. The first kappa shape index (κ1) is 18.6. The van der Waals surface area contributed by atoms with Crippen LogP contribution in [0.5, 0.6) is 0 Å². The number of rotatable bonds is 3. The number of fused-ring (bicyclic) bond motifs is 1. The Morgan fingerprint density at radius 2 is 2.15 bits per heavy atom. The molecule has 4 nitrogen and oxygen atoms in total. The lowest BCUT2D eigenvalue weighted by Crippen LogP contribution is -2.60. The molecule has 0 aliphatic carbocycles. The molecule has 1 aromatic rings. The molecule has 146 valence electrons. The lowest BCUT2D eigenvalue weighted by molar-refractivity contribution is -0.146. The van der Waals surface area contributed by atoms with Gasteiger partial charge in [-0.2, -0.15) is 0 Å². The van der Waals surface area contributed by atoms with E-state index in [2.05, 4.69) is 6.08 Å². The number of amides is 1. The number of ether oxygens (including phenoxy) is 2. The molecule has 2 fully saturated rings. The van der Waals surface area contributed by atoms with Crippen molar-refractivity contribution in [2.24, 2.45) is 5.41 Å². The van der Waals surface area contributed by atoms with Crippen LogP contribution >= 0.6 is 0 Å². The molecule has 0 radical (unpaired) electrons. The van der Waals surface area contributed by atoms with E-state index in [0.29, 0.717) is 33.0 Å². The molecule has 0 bridgehead atoms. The van der Waals surface area contributed by atoms with Gasteiger partial charge in [0, 0.05) is 30.7 Å². The molecule has 27 heavy (non-hydrogen) atoms. The highest BCUT2D eigenvalue weighted by Gasteiger charge is 2.50. The second-order valence-electron chi connectivity index (χ2n) is 7.67. The first-order chi connectivity index (χ1) is 13.1. The van der Waals surface area contributed by atoms with Crippen LogP contribution in [-0.2, 0) is 20.7 Å². The van der Waals surface area contributed by atoms with Gasteiger partial charge in [-0.3, -0.25) is 4.79 Å². The first-order valence-corrected chi connectivity index (χ1v) is 9.68. The molecule has 0 N–H and O–H groups in total. The summed E-state index contributed by atoms with van der Waals surface area (Å²) in [5.41, 5.74) is 1.43. The Morgan fingerprint density at radius 3 is 2.93 bits per heavy atom. The van der Waals surface area contributed by atoms with E-state index in [-0.39, 0.29) is 29.3 Å². The minimum atomic E-state index is -0.661. The summed E-state index contributed by atoms with van der Waals surface area (Å²) < 4.78 is 38.5. The Morgan fingerprint density at radius 1 is 1.26 bits per heavy atom. The van der Waals surface area contributed by atoms with Crippen LogP contribution in [0.25, 0.3) is 0 Å². The van der Waals surface area contributed by atoms with Crippen LogP contribution in [0.1, 0.15) is 31.2 Å². The lowest BCUT2D eigenvalue weighted by Gasteiger charge is -2.54. The van der Waals surface area contributed by atoms with Gasteiger partial charge in [0.1, 0.15) is 11.6 Å². The minimum absolute atomic E-state index is 0.0400. The highest BCUT2D eigenvalue weighted by molar-refractivity contribution is 5.79. The number of hydrogen-bond donors (Lipinski definition) is 0. The normalized spacial score (nSPS) is 28.4. The molecule has 3 aliphatic rings. The van der Waals surface area contributed by atoms with E-state index in [4.69, 9.17) is 9.47 Å². The van der Waals surface area contributed by atoms with E-state index >= 15 is 0 Å². The molecular formula is C21H25F2NO3. The van der Waals surface area contributed by atoms with E-state index < -0.39 is 11.6 Å². The monoisotopic (exact) mass is 377 g/mol. The van der Waals surface area contributed by atoms with Crippen molar-refractivity contribution in [2.75, 3.05) is 33.0 Å². The van der Waals surface area contributed by atoms with Gasteiger partial charge in [0.25, 0.3) is 0 Å². The van der Waals surface area contributed by atoms with Crippen LogP contribution in [0.15, 0.2) is 29.8 Å². The predicted molar refractivity (Wildman–Crippen MR) is 96.2 cm³/mol. The van der Waals surface area contributed by atoms with E-state index in [1.165, 1.54) is 17.7 Å². The number of hydrogen-bond acceptors (Lipinski definition) is 3. The number of halogens is 2. The van der Waals surface area contributed by atoms with Crippen molar-refractivity contribution < 1.29 is 23.0 Å². The first-order valence-electron chi connectivity index (χ1n) is 9.68. The smallest absolute Gasteiger partial charge is 0.227 e. The maximum atomic E-state index is 14.0. The van der Waals surface area contributed by atoms with E-state index in [9.17, 15) is 13.6 Å². The van der Waals surface area contributed by atoms with Gasteiger partial charge in [0.2, 0.25) is 5.91 Å². The third kappa shape index (κ3) is 3.52. The van der Waals surface area contributed by atoms with Crippen LogP contribution < -0.4 is 0 Å². The average molecular weight is 377 g/mol. The molecule has 1 amide bonds. The van der Waals surface area contributed by atoms with Gasteiger partial charge in [-0.15, -0.1) is 0 Å². The summed E-state index contributed by atoms with van der Waals surface area (Å²) in [7, 11) is 0. The van der Waals surface area contributed by atoms with Gasteiger partial charge in [0.15, 0.2) is 0 Å². The molecule has 2 atom stereocenters. The van der Waals surface area contributed by atoms with E-state index in [0.717, 1.165) is 31.7 Å². The largest absolute Gasteiger partial charge is 0.380 e. The van der Waals surface area contributed by atoms with Crippen LogP contribution in [0.4, 0.5) is 8.78 Å². The molecule has 3 heterocycles. The van der Waals surface area contributed by atoms with Crippen LogP contribution in [0.2, 0.25) is 0 Å². The van der Waals surface area contributed by atoms with Crippen molar-refractivity contribution in [3.05, 3.63) is 47.0 Å². The van der Waals surface area contributed by atoms with Crippen LogP contribution in [0.3, 0.4) is 0 Å². The highest BCUT2D eigenvalue weighted by atomic mass is 19.1. The van der Waals surface area contributed by atoms with Gasteiger partial charge in [0.05, 0.1) is 26.2 Å². The van der Waals surface area contributed by atoms with Crippen molar-refractivity contribution >= 4 is 5.91 Å². The summed E-state index contributed by atoms with van der Waals surface area (Å²) in [6, 6.07) is 3.48. The van der Waals surface area contributed by atoms with Crippen LogP contribution in [-0.4, -0.2) is 49.8 Å². The van der Waals surface area contributed by atoms with Gasteiger partial charge >= 0.3 is 0 Å². The summed E-state index contributed by atoms with van der Waals surface area (Å²) in [6.45, 7) is 3.24. The summed E-state index contributed by atoms with van der Waals surface area (Å²) in [4.78, 5) is 15.0. The maximum absolute atomic E-state index is 14.0. The summed E-state index contributed by atoms with van der Waals surface area (Å²) in [5, 5.41) is 0. The molecule has 3 aliphatic heterocycles. The molecule has 0 saturated carbocycles. The molecule has 1 aromatic carbocycles. The topological polar surface area (TPSA) is 38.8 Å². The van der Waals surface area contributed by atoms with Crippen molar-refractivity contribution in [1.29, 1.82) is 0 Å². The molecule has 0 unspecified atom stereocenters. The summed E-state index contributed by atoms with van der Waals surface area (Å²) >= 11 is 0. The highest BCUT2D eigenvalue weighted by Crippen LogP contribution is 2.48. The Labute approximate surface area is 158 Å². The van der Waals surface area contributed by atoms with Gasteiger partial charge < -0.3 is 14.4 Å². The number of piperidine rings is 1. The molecule has 4 rings (SSSR count). The van der Waals surface area contributed by atoms with Crippen LogP contribution in [0, 0.1) is 17.0 Å². The summed E-state index contributed by atoms with van der Waals surface area (Å²) in [5.74, 6) is -1.38. The number of likely N-dealkylation sites (tertiary alicyclic amines) is 1. The molecule has 0 spiro atoms. The van der Waals surface area contributed by atoms with Gasteiger partial charge in [-0.05, 0) is 37.3 Å². The van der Waals surface area contributed by atoms with Crippen molar-refractivity contribution in [3.8, 4) is 0 Å². The Balaban J connectivity index is 1.58. The van der Waals surface area contributed by atoms with Gasteiger partial charge in [-0.1, -0.05) is 17.7 Å². The second kappa shape index (κ2) is 7.68. The standard InChI is InChI=1S/C21H25F2NO3/c22-17-3-2-15(18(23)13-17)12-20(25)24-8-1-7-21(14-27-11-6-19(21)24)16-4-9-26-10-5-16/h2-4,13,19H,1,5-12,14H2/t19-,21-/m0/s1. The SMILES string of the molecule is O=C(Cc1ccc(F)cc1F)N1CCC[C@@]2(C3=CCOCC3)COCC[C@H]12. The van der Waals surface area contributed by atoms with Gasteiger partial charge in [-0.25, -0.2) is 8.78 Å². The minimum Gasteiger partial charge on any atom is -0.380 e. The van der Waals surface area contributed by atoms with Crippen molar-refractivity contribution in [1.82, 2.24) is 4.90 Å². The zero-order valence-corrected chi connectivity index (χ0v) is 15.4. The van der Waals surface area contributed by atoms with E-state index in [1.807, 2.05) is 4.90 Å². The Kier molecular flexibility index (Phi) is 5.28. The lowest BCUT2D eigenvalue weighted by atomic mass is 9.65. The fourth-order valence-electron chi connectivity index (χ4n) is 4.91. The number of nitrogens with zero attached hydrogens (tertiary/aromatic N) is 1. The molecule has 0 aromatic heterocycles. The van der Waals surface area contributed by atoms with Crippen molar-refractivity contribution in [2.45, 2.75) is 38.1 Å². The average Bonchev–Trinajstić information content (AvgIpc) is 2.70. The zero-order valence-electron chi connectivity index (χ0n) is 15.4. The molecular weight excluding hydrogens is 352 g/mol. The molecule has 6 heteroatoms. The quantitative estimate of drug-likeness (QED) is 0.759. The Hall–Kier alpha value is -1.79. The third-order valence-corrected chi connectivity index (χ3v) is 6.21. The Bertz CT molecular complexity index is 747. The zero-order chi connectivity index (χ0) is 18.9. The maximum Gasteiger partial charge on any atom is 0.227 e. The third-order valence-electron chi connectivity index (χ3n) is 6.21. The fraction of sp³-hybridized carbons (Fsp3) is 0.571. The molecule has 2 saturated heterocycles. The predicted octanol–water partition coefficient (Wildman–Crippen LogP) is 3.25. The van der Waals surface area contributed by atoms with E-state index in [1.54, 1.807) is 0 Å².